The third kappa shape index (κ3) is 3.19. The molecule has 20 heavy (non-hydrogen) atoms. The smallest absolute Gasteiger partial charge is 0.128 e. The van der Waals surface area contributed by atoms with Crippen LogP contribution in [-0.2, 0) is 0 Å². The zero-order valence-corrected chi connectivity index (χ0v) is 12.3. The first kappa shape index (κ1) is 15.4. The maximum atomic E-state index is 14.1. The van der Waals surface area contributed by atoms with Crippen LogP contribution in [0.3, 0.4) is 0 Å². The minimum atomic E-state index is -0.359. The quantitative estimate of drug-likeness (QED) is 0.890. The summed E-state index contributed by atoms with van der Waals surface area (Å²) < 4.78 is 14.1. The Morgan fingerprint density at radius 3 is 2.75 bits per heavy atom. The molecule has 3 nitrogen and oxygen atoms in total. The Morgan fingerprint density at radius 2 is 2.15 bits per heavy atom. The van der Waals surface area contributed by atoms with E-state index in [0.717, 1.165) is 19.4 Å². The second-order valence-corrected chi connectivity index (χ2v) is 5.87. The van der Waals surface area contributed by atoms with Gasteiger partial charge in [0.2, 0.25) is 0 Å². The molecule has 1 aliphatic heterocycles. The number of likely N-dealkylation sites (tertiary alicyclic amines) is 1. The topological polar surface area (TPSA) is 49.5 Å². The van der Waals surface area contributed by atoms with Crippen LogP contribution in [0.15, 0.2) is 24.3 Å². The van der Waals surface area contributed by atoms with Crippen molar-refractivity contribution in [1.82, 2.24) is 4.90 Å². The number of nitrogens with two attached hydrogens (primary N) is 1. The summed E-state index contributed by atoms with van der Waals surface area (Å²) in [6.07, 6.45) is 1.34. The van der Waals surface area contributed by atoms with Crippen molar-refractivity contribution in [1.29, 1.82) is 0 Å². The molecule has 2 rings (SSSR count). The highest BCUT2D eigenvalue weighted by Crippen LogP contribution is 2.31. The monoisotopic (exact) mass is 280 g/mol. The molecule has 1 heterocycles. The average molecular weight is 280 g/mol. The van der Waals surface area contributed by atoms with E-state index in [1.807, 2.05) is 13.0 Å². The van der Waals surface area contributed by atoms with Gasteiger partial charge >= 0.3 is 0 Å². The van der Waals surface area contributed by atoms with E-state index in [0.29, 0.717) is 18.0 Å². The molecule has 4 unspecified atom stereocenters. The zero-order valence-electron chi connectivity index (χ0n) is 12.3. The number of hydrogen-bond donors (Lipinski definition) is 2. The van der Waals surface area contributed by atoms with Crippen LogP contribution >= 0.6 is 0 Å². The summed E-state index contributed by atoms with van der Waals surface area (Å²) in [6.45, 7) is 5.49. The summed E-state index contributed by atoms with van der Waals surface area (Å²) in [5.41, 5.74) is 6.88. The minimum Gasteiger partial charge on any atom is -0.392 e. The van der Waals surface area contributed by atoms with E-state index < -0.39 is 0 Å². The van der Waals surface area contributed by atoms with Crippen molar-refractivity contribution < 1.29 is 9.50 Å². The van der Waals surface area contributed by atoms with Gasteiger partial charge in [-0.15, -0.1) is 0 Å². The third-order valence-electron chi connectivity index (χ3n) is 4.44. The van der Waals surface area contributed by atoms with Crippen molar-refractivity contribution in [2.75, 3.05) is 13.1 Å². The van der Waals surface area contributed by atoms with E-state index in [-0.39, 0.29) is 24.0 Å². The standard InChI is InChI=1S/C16H25FN2O/c1-3-14(18)16(12-6-4-5-7-13(12)17)19-9-8-11(2)15(20)10-19/h4-7,11,14-16,20H,3,8-10,18H2,1-2H3. The Hall–Kier alpha value is -0.970. The van der Waals surface area contributed by atoms with Crippen molar-refractivity contribution >= 4 is 0 Å². The van der Waals surface area contributed by atoms with E-state index in [1.165, 1.54) is 6.07 Å². The van der Waals surface area contributed by atoms with Gasteiger partial charge in [-0.3, -0.25) is 4.90 Å². The lowest BCUT2D eigenvalue weighted by molar-refractivity contribution is 0.00324. The molecule has 0 aliphatic carbocycles. The number of benzene rings is 1. The van der Waals surface area contributed by atoms with Crippen LogP contribution in [0.4, 0.5) is 4.39 Å². The van der Waals surface area contributed by atoms with Crippen molar-refractivity contribution in [3.05, 3.63) is 35.6 Å². The van der Waals surface area contributed by atoms with Crippen LogP contribution in [0.1, 0.15) is 38.3 Å². The number of halogens is 1. The maximum absolute atomic E-state index is 14.1. The van der Waals surface area contributed by atoms with Crippen LogP contribution in [0.25, 0.3) is 0 Å². The molecule has 112 valence electrons. The second kappa shape index (κ2) is 6.66. The first-order valence-corrected chi connectivity index (χ1v) is 7.46. The molecule has 4 atom stereocenters. The Labute approximate surface area is 120 Å². The number of β-amino-alcohol motifs (C(OH)–C–C–N with tert-alkyl or cyclic N) is 1. The molecule has 1 aromatic carbocycles. The molecule has 1 fully saturated rings. The van der Waals surface area contributed by atoms with Crippen molar-refractivity contribution in [2.24, 2.45) is 11.7 Å². The summed E-state index contributed by atoms with van der Waals surface area (Å²) in [5, 5.41) is 10.1. The van der Waals surface area contributed by atoms with Gasteiger partial charge in [-0.05, 0) is 31.4 Å². The highest BCUT2D eigenvalue weighted by Gasteiger charge is 2.33. The van der Waals surface area contributed by atoms with Gasteiger partial charge < -0.3 is 10.8 Å². The van der Waals surface area contributed by atoms with Crippen molar-refractivity contribution in [3.8, 4) is 0 Å². The van der Waals surface area contributed by atoms with Gasteiger partial charge in [-0.25, -0.2) is 4.39 Å². The molecule has 0 spiro atoms. The first-order chi connectivity index (χ1) is 9.54. The van der Waals surface area contributed by atoms with Gasteiger partial charge in [-0.2, -0.15) is 0 Å². The van der Waals surface area contributed by atoms with Crippen LogP contribution < -0.4 is 5.73 Å². The van der Waals surface area contributed by atoms with Gasteiger partial charge in [-0.1, -0.05) is 32.0 Å². The summed E-state index contributed by atoms with van der Waals surface area (Å²) in [4.78, 5) is 2.14. The lowest BCUT2D eigenvalue weighted by atomic mass is 9.90. The summed E-state index contributed by atoms with van der Waals surface area (Å²) in [5.74, 6) is 0.0832. The number of aliphatic hydroxyl groups excluding tert-OH is 1. The molecule has 3 N–H and O–H groups in total. The van der Waals surface area contributed by atoms with Crippen LogP contribution in [0.5, 0.6) is 0 Å². The van der Waals surface area contributed by atoms with Crippen LogP contribution in [-0.4, -0.2) is 35.2 Å². The van der Waals surface area contributed by atoms with Gasteiger partial charge in [0.15, 0.2) is 0 Å². The van der Waals surface area contributed by atoms with Gasteiger partial charge in [0.05, 0.1) is 12.1 Å². The Balaban J connectivity index is 2.27. The molecular weight excluding hydrogens is 255 g/mol. The lowest BCUT2D eigenvalue weighted by Crippen LogP contribution is -2.49. The van der Waals surface area contributed by atoms with E-state index in [4.69, 9.17) is 5.73 Å². The molecular formula is C16H25FN2O. The lowest BCUT2D eigenvalue weighted by Gasteiger charge is -2.41. The highest BCUT2D eigenvalue weighted by atomic mass is 19.1. The number of piperidine rings is 1. The van der Waals surface area contributed by atoms with Crippen molar-refractivity contribution in [2.45, 2.75) is 44.9 Å². The van der Waals surface area contributed by atoms with E-state index >= 15 is 0 Å². The predicted molar refractivity (Wildman–Crippen MR) is 78.8 cm³/mol. The van der Waals surface area contributed by atoms with E-state index in [2.05, 4.69) is 11.8 Å². The predicted octanol–water partition coefficient (Wildman–Crippen LogP) is 2.31. The zero-order chi connectivity index (χ0) is 14.7. The summed E-state index contributed by atoms with van der Waals surface area (Å²) >= 11 is 0. The fourth-order valence-electron chi connectivity index (χ4n) is 2.96. The minimum absolute atomic E-state index is 0.132. The first-order valence-electron chi connectivity index (χ1n) is 7.46. The number of hydrogen-bond acceptors (Lipinski definition) is 3. The molecule has 1 aliphatic rings. The summed E-state index contributed by atoms with van der Waals surface area (Å²) in [6, 6.07) is 6.53. The Morgan fingerprint density at radius 1 is 1.45 bits per heavy atom. The molecule has 4 heteroatoms. The highest BCUT2D eigenvalue weighted by molar-refractivity contribution is 5.23. The number of rotatable bonds is 4. The second-order valence-electron chi connectivity index (χ2n) is 5.87. The third-order valence-corrected chi connectivity index (χ3v) is 4.44. The van der Waals surface area contributed by atoms with Gasteiger partial charge in [0, 0.05) is 18.2 Å². The van der Waals surface area contributed by atoms with Gasteiger partial charge in [0.25, 0.3) is 0 Å². The maximum Gasteiger partial charge on any atom is 0.128 e. The summed E-state index contributed by atoms with van der Waals surface area (Å²) in [7, 11) is 0. The van der Waals surface area contributed by atoms with Gasteiger partial charge in [0.1, 0.15) is 5.82 Å². The molecule has 0 saturated carbocycles. The SMILES string of the molecule is CCC(N)C(c1ccccc1F)N1CCC(C)C(O)C1. The molecule has 0 aromatic heterocycles. The molecule has 0 amide bonds. The molecule has 1 saturated heterocycles. The molecule has 0 bridgehead atoms. The normalized spacial score (nSPS) is 27.2. The van der Waals surface area contributed by atoms with E-state index in [1.54, 1.807) is 12.1 Å². The van der Waals surface area contributed by atoms with E-state index in [9.17, 15) is 9.50 Å². The fourth-order valence-corrected chi connectivity index (χ4v) is 2.96. The number of nitrogens with zero attached hydrogens (tertiary/aromatic N) is 1. The molecule has 1 aromatic rings. The van der Waals surface area contributed by atoms with Crippen molar-refractivity contribution in [3.63, 3.8) is 0 Å². The molecule has 0 radical (unpaired) electrons. The number of aliphatic hydroxyl groups is 1. The fraction of sp³-hybridized carbons (Fsp3) is 0.625. The van der Waals surface area contributed by atoms with Crippen LogP contribution in [0, 0.1) is 11.7 Å². The van der Waals surface area contributed by atoms with Crippen LogP contribution in [0.2, 0.25) is 0 Å². The average Bonchev–Trinajstić information content (AvgIpc) is 2.44. The Kier molecular flexibility index (Phi) is 5.13. The largest absolute Gasteiger partial charge is 0.392 e. The Bertz CT molecular complexity index is 440.